The van der Waals surface area contributed by atoms with Crippen molar-refractivity contribution in [1.29, 1.82) is 0 Å². The van der Waals surface area contributed by atoms with Crippen LogP contribution in [0.1, 0.15) is 31.2 Å². The highest BCUT2D eigenvalue weighted by Crippen LogP contribution is 2.28. The maximum Gasteiger partial charge on any atom is 0.0479 e. The average molecular weight is 256 g/mol. The maximum atomic E-state index is 6.12. The van der Waals surface area contributed by atoms with Gasteiger partial charge < -0.3 is 5.73 Å². The van der Waals surface area contributed by atoms with E-state index in [1.807, 2.05) is 18.2 Å². The molecule has 0 bridgehead atoms. The monoisotopic (exact) mass is 255 g/mol. The molecule has 1 aromatic carbocycles. The fourth-order valence-electron chi connectivity index (χ4n) is 2.00. The van der Waals surface area contributed by atoms with Crippen LogP contribution in [0.5, 0.6) is 0 Å². The Balaban J connectivity index is 2.19. The van der Waals surface area contributed by atoms with Crippen molar-refractivity contribution < 1.29 is 0 Å². The third kappa shape index (κ3) is 3.00. The highest BCUT2D eigenvalue weighted by atomic mass is 35.5. The third-order valence-corrected chi connectivity index (χ3v) is 3.57. The summed E-state index contributed by atoms with van der Waals surface area (Å²) in [6.07, 6.45) is 6.45. The van der Waals surface area contributed by atoms with Gasteiger partial charge in [-0.15, -0.1) is 0 Å². The number of allylic oxidation sites excluding steroid dienone is 1. The second kappa shape index (κ2) is 5.22. The van der Waals surface area contributed by atoms with E-state index in [-0.39, 0.29) is 0 Å². The van der Waals surface area contributed by atoms with Gasteiger partial charge in [0.15, 0.2) is 0 Å². The summed E-state index contributed by atoms with van der Waals surface area (Å²) in [7, 11) is 0. The fourth-order valence-corrected chi connectivity index (χ4v) is 2.35. The number of hydrogen-bond acceptors (Lipinski definition) is 1. The Labute approximate surface area is 106 Å². The lowest BCUT2D eigenvalue weighted by Gasteiger charge is -2.20. The van der Waals surface area contributed by atoms with Gasteiger partial charge in [-0.1, -0.05) is 34.9 Å². The van der Waals surface area contributed by atoms with Crippen molar-refractivity contribution in [1.82, 2.24) is 0 Å². The number of benzene rings is 1. The molecular formula is C13H15Cl2N. The summed E-state index contributed by atoms with van der Waals surface area (Å²) in [4.78, 5) is 0. The largest absolute Gasteiger partial charge is 0.328 e. The first kappa shape index (κ1) is 12.0. The zero-order valence-corrected chi connectivity index (χ0v) is 10.6. The van der Waals surface area contributed by atoms with Gasteiger partial charge in [0, 0.05) is 16.1 Å². The van der Waals surface area contributed by atoms with E-state index >= 15 is 0 Å². The molecule has 1 nitrogen and oxygen atoms in total. The van der Waals surface area contributed by atoms with Gasteiger partial charge in [-0.2, -0.15) is 0 Å². The molecule has 16 heavy (non-hydrogen) atoms. The van der Waals surface area contributed by atoms with Crippen molar-refractivity contribution in [2.24, 2.45) is 5.73 Å². The standard InChI is InChI=1S/C13H15Cl2N/c14-11-3-6-13(15)10(8-11)7-9-1-4-12(16)5-2-9/h3,6-8,12H,1-2,4-5,16H2. The molecule has 0 atom stereocenters. The molecule has 0 unspecified atom stereocenters. The van der Waals surface area contributed by atoms with Crippen LogP contribution in [0.15, 0.2) is 23.8 Å². The molecule has 2 N–H and O–H groups in total. The number of rotatable bonds is 1. The molecular weight excluding hydrogens is 241 g/mol. The van der Waals surface area contributed by atoms with Gasteiger partial charge >= 0.3 is 0 Å². The van der Waals surface area contributed by atoms with Crippen LogP contribution in [-0.2, 0) is 0 Å². The second-order valence-electron chi connectivity index (χ2n) is 4.31. The van der Waals surface area contributed by atoms with E-state index in [2.05, 4.69) is 6.08 Å². The summed E-state index contributed by atoms with van der Waals surface area (Å²) in [5.74, 6) is 0. The molecule has 1 aromatic rings. The quantitative estimate of drug-likeness (QED) is 0.797. The van der Waals surface area contributed by atoms with Crippen molar-refractivity contribution >= 4 is 29.3 Å². The molecule has 0 spiro atoms. The third-order valence-electron chi connectivity index (χ3n) is 2.99. The summed E-state index contributed by atoms with van der Waals surface area (Å²) in [6, 6.07) is 5.92. The Morgan fingerprint density at radius 3 is 2.56 bits per heavy atom. The summed E-state index contributed by atoms with van der Waals surface area (Å²) in [5.41, 5.74) is 8.31. The Kier molecular flexibility index (Phi) is 3.91. The number of halogens is 2. The van der Waals surface area contributed by atoms with E-state index < -0.39 is 0 Å². The van der Waals surface area contributed by atoms with Crippen molar-refractivity contribution in [2.45, 2.75) is 31.7 Å². The first-order chi connectivity index (χ1) is 7.65. The van der Waals surface area contributed by atoms with Gasteiger partial charge in [-0.25, -0.2) is 0 Å². The van der Waals surface area contributed by atoms with Crippen LogP contribution in [0.3, 0.4) is 0 Å². The van der Waals surface area contributed by atoms with E-state index in [0.29, 0.717) is 6.04 Å². The van der Waals surface area contributed by atoms with Crippen molar-refractivity contribution in [3.8, 4) is 0 Å². The molecule has 0 aliphatic heterocycles. The van der Waals surface area contributed by atoms with Crippen molar-refractivity contribution in [2.75, 3.05) is 0 Å². The average Bonchev–Trinajstić information content (AvgIpc) is 2.27. The van der Waals surface area contributed by atoms with E-state index in [1.165, 1.54) is 5.57 Å². The van der Waals surface area contributed by atoms with Crippen LogP contribution in [0.4, 0.5) is 0 Å². The van der Waals surface area contributed by atoms with Crippen LogP contribution in [-0.4, -0.2) is 6.04 Å². The molecule has 1 fully saturated rings. The van der Waals surface area contributed by atoms with Gasteiger partial charge in [0.25, 0.3) is 0 Å². The van der Waals surface area contributed by atoms with E-state index in [0.717, 1.165) is 41.3 Å². The van der Waals surface area contributed by atoms with Crippen molar-refractivity contribution in [3.05, 3.63) is 39.4 Å². The fraction of sp³-hybridized carbons (Fsp3) is 0.385. The SMILES string of the molecule is NC1CCC(=Cc2cc(Cl)ccc2Cl)CC1. The number of hydrogen-bond donors (Lipinski definition) is 1. The Hall–Kier alpha value is -0.500. The predicted molar refractivity (Wildman–Crippen MR) is 70.9 cm³/mol. The summed E-state index contributed by atoms with van der Waals surface area (Å²) >= 11 is 12.1. The molecule has 3 heteroatoms. The summed E-state index contributed by atoms with van der Waals surface area (Å²) < 4.78 is 0. The lowest BCUT2D eigenvalue weighted by atomic mass is 9.90. The summed E-state index contributed by atoms with van der Waals surface area (Å²) in [6.45, 7) is 0. The van der Waals surface area contributed by atoms with Crippen LogP contribution in [0.25, 0.3) is 6.08 Å². The Morgan fingerprint density at radius 1 is 1.19 bits per heavy atom. The smallest absolute Gasteiger partial charge is 0.0479 e. The number of nitrogens with two attached hydrogens (primary N) is 1. The highest BCUT2D eigenvalue weighted by Gasteiger charge is 2.12. The first-order valence-corrected chi connectivity index (χ1v) is 6.31. The van der Waals surface area contributed by atoms with E-state index in [9.17, 15) is 0 Å². The summed E-state index contributed by atoms with van der Waals surface area (Å²) in [5, 5.41) is 1.48. The molecule has 0 aromatic heterocycles. The lowest BCUT2D eigenvalue weighted by Crippen LogP contribution is -2.23. The normalized spacial score (nSPS) is 20.9. The van der Waals surface area contributed by atoms with Gasteiger partial charge in [-0.05, 0) is 49.4 Å². The van der Waals surface area contributed by atoms with E-state index in [4.69, 9.17) is 28.9 Å². The Bertz CT molecular complexity index is 402. The Morgan fingerprint density at radius 2 is 1.88 bits per heavy atom. The molecule has 2 rings (SSSR count). The van der Waals surface area contributed by atoms with Crippen LogP contribution in [0.2, 0.25) is 10.0 Å². The van der Waals surface area contributed by atoms with Gasteiger partial charge in [0.2, 0.25) is 0 Å². The van der Waals surface area contributed by atoms with Gasteiger partial charge in [-0.3, -0.25) is 0 Å². The van der Waals surface area contributed by atoms with Crippen LogP contribution >= 0.6 is 23.2 Å². The van der Waals surface area contributed by atoms with Gasteiger partial charge in [0.1, 0.15) is 0 Å². The molecule has 0 amide bonds. The molecule has 86 valence electrons. The molecule has 1 saturated carbocycles. The van der Waals surface area contributed by atoms with Crippen LogP contribution in [0, 0.1) is 0 Å². The second-order valence-corrected chi connectivity index (χ2v) is 5.15. The minimum absolute atomic E-state index is 0.368. The van der Waals surface area contributed by atoms with Crippen molar-refractivity contribution in [3.63, 3.8) is 0 Å². The topological polar surface area (TPSA) is 26.0 Å². The predicted octanol–water partition coefficient (Wildman–Crippen LogP) is 4.28. The molecule has 1 aliphatic rings. The maximum absolute atomic E-state index is 6.12. The zero-order chi connectivity index (χ0) is 11.5. The van der Waals surface area contributed by atoms with E-state index in [1.54, 1.807) is 0 Å². The molecule has 0 heterocycles. The van der Waals surface area contributed by atoms with Crippen LogP contribution < -0.4 is 5.73 Å². The van der Waals surface area contributed by atoms with Gasteiger partial charge in [0.05, 0.1) is 0 Å². The lowest BCUT2D eigenvalue weighted by molar-refractivity contribution is 0.514. The molecule has 1 aliphatic carbocycles. The minimum Gasteiger partial charge on any atom is -0.328 e. The minimum atomic E-state index is 0.368. The molecule has 0 radical (unpaired) electrons. The zero-order valence-electron chi connectivity index (χ0n) is 9.05. The highest BCUT2D eigenvalue weighted by molar-refractivity contribution is 6.34. The molecule has 0 saturated heterocycles. The first-order valence-electron chi connectivity index (χ1n) is 5.55.